The quantitative estimate of drug-likeness (QED) is 0.599. The highest BCUT2D eigenvalue weighted by molar-refractivity contribution is 4.80. The lowest BCUT2D eigenvalue weighted by molar-refractivity contribution is 0.0661. The van der Waals surface area contributed by atoms with Crippen LogP contribution in [0.2, 0.25) is 0 Å². The number of hydrogen-bond donors (Lipinski definition) is 0. The van der Waals surface area contributed by atoms with Crippen LogP contribution in [0.3, 0.4) is 0 Å². The van der Waals surface area contributed by atoms with E-state index in [4.69, 9.17) is 9.47 Å². The molecule has 0 fully saturated rings. The average Bonchev–Trinajstić information content (AvgIpc) is 2.20. The summed E-state index contributed by atoms with van der Waals surface area (Å²) in [7, 11) is 1.62. The van der Waals surface area contributed by atoms with Crippen LogP contribution in [0.5, 0.6) is 0 Å². The predicted octanol–water partition coefficient (Wildman–Crippen LogP) is -0.0937. The molecule has 1 heterocycles. The molecule has 0 atom stereocenters. The van der Waals surface area contributed by atoms with Crippen LogP contribution in [0.15, 0.2) is 23.3 Å². The Morgan fingerprint density at radius 3 is 3.00 bits per heavy atom. The normalized spacial score (nSPS) is 10.4. The number of rotatable bonds is 6. The van der Waals surface area contributed by atoms with Crippen LogP contribution >= 0.6 is 0 Å². The second kappa shape index (κ2) is 6.28. The summed E-state index contributed by atoms with van der Waals surface area (Å²) in [6.45, 7) is 2.14. The number of nitrogens with zero attached hydrogens (tertiary/aromatic N) is 2. The van der Waals surface area contributed by atoms with Gasteiger partial charge in [0, 0.05) is 19.5 Å². The van der Waals surface area contributed by atoms with Crippen molar-refractivity contribution in [3.8, 4) is 0 Å². The highest BCUT2D eigenvalue weighted by Gasteiger charge is 1.94. The Kier molecular flexibility index (Phi) is 4.88. The van der Waals surface area contributed by atoms with Gasteiger partial charge in [-0.3, -0.25) is 4.57 Å². The lowest BCUT2D eigenvalue weighted by Gasteiger charge is -2.04. The molecule has 5 heteroatoms. The topological polar surface area (TPSA) is 53.4 Å². The molecule has 0 aliphatic heterocycles. The fourth-order valence-electron chi connectivity index (χ4n) is 0.964. The molecule has 1 aromatic heterocycles. The molecule has 0 N–H and O–H groups in total. The highest BCUT2D eigenvalue weighted by atomic mass is 16.5. The van der Waals surface area contributed by atoms with Crippen LogP contribution in [0.1, 0.15) is 0 Å². The lowest BCUT2D eigenvalue weighted by atomic mass is 10.6. The molecular formula is C9H14N2O3. The number of aromatic nitrogens is 2. The summed E-state index contributed by atoms with van der Waals surface area (Å²) in [5.74, 6) is 0. The molecule has 0 bridgehead atoms. The first kappa shape index (κ1) is 10.9. The summed E-state index contributed by atoms with van der Waals surface area (Å²) >= 11 is 0. The molecule has 78 valence electrons. The third kappa shape index (κ3) is 3.68. The van der Waals surface area contributed by atoms with E-state index in [2.05, 4.69) is 4.98 Å². The van der Waals surface area contributed by atoms with Gasteiger partial charge < -0.3 is 9.47 Å². The van der Waals surface area contributed by atoms with Gasteiger partial charge >= 0.3 is 5.69 Å². The largest absolute Gasteiger partial charge is 0.382 e. The summed E-state index contributed by atoms with van der Waals surface area (Å²) in [5.41, 5.74) is -0.247. The fraction of sp³-hybridized carbons (Fsp3) is 0.556. The lowest BCUT2D eigenvalue weighted by Crippen LogP contribution is -2.23. The molecule has 1 rings (SSSR count). The van der Waals surface area contributed by atoms with Gasteiger partial charge in [-0.15, -0.1) is 0 Å². The number of methoxy groups -OCH3 is 1. The highest BCUT2D eigenvalue weighted by Crippen LogP contribution is 1.82. The Bertz CT molecular complexity index is 311. The Morgan fingerprint density at radius 1 is 1.43 bits per heavy atom. The summed E-state index contributed by atoms with van der Waals surface area (Å²) in [6, 6.07) is 1.72. The zero-order chi connectivity index (χ0) is 10.2. The summed E-state index contributed by atoms with van der Waals surface area (Å²) in [5, 5.41) is 0. The summed E-state index contributed by atoms with van der Waals surface area (Å²) in [6.07, 6.45) is 3.17. The van der Waals surface area contributed by atoms with Crippen molar-refractivity contribution in [1.29, 1.82) is 0 Å². The molecular weight excluding hydrogens is 184 g/mol. The molecule has 14 heavy (non-hydrogen) atoms. The van der Waals surface area contributed by atoms with Crippen molar-refractivity contribution in [1.82, 2.24) is 9.55 Å². The van der Waals surface area contributed by atoms with E-state index in [0.717, 1.165) is 0 Å². The van der Waals surface area contributed by atoms with Crippen molar-refractivity contribution in [3.63, 3.8) is 0 Å². The second-order valence-electron chi connectivity index (χ2n) is 2.70. The minimum Gasteiger partial charge on any atom is -0.382 e. The van der Waals surface area contributed by atoms with Gasteiger partial charge in [-0.2, -0.15) is 0 Å². The van der Waals surface area contributed by atoms with Crippen LogP contribution in [-0.4, -0.2) is 36.5 Å². The number of hydrogen-bond acceptors (Lipinski definition) is 4. The Morgan fingerprint density at radius 2 is 2.29 bits per heavy atom. The van der Waals surface area contributed by atoms with E-state index in [-0.39, 0.29) is 5.69 Å². The van der Waals surface area contributed by atoms with Crippen LogP contribution in [0.25, 0.3) is 0 Å². The average molecular weight is 198 g/mol. The van der Waals surface area contributed by atoms with Gasteiger partial charge in [-0.05, 0) is 6.07 Å². The monoisotopic (exact) mass is 198 g/mol. The van der Waals surface area contributed by atoms with Crippen LogP contribution in [0, 0.1) is 0 Å². The molecule has 0 amide bonds. The van der Waals surface area contributed by atoms with Crippen molar-refractivity contribution < 1.29 is 9.47 Å². The zero-order valence-corrected chi connectivity index (χ0v) is 8.18. The summed E-state index contributed by atoms with van der Waals surface area (Å²) in [4.78, 5) is 14.7. The van der Waals surface area contributed by atoms with Crippen molar-refractivity contribution in [3.05, 3.63) is 28.9 Å². The molecule has 0 saturated carbocycles. The first-order valence-electron chi connectivity index (χ1n) is 4.42. The van der Waals surface area contributed by atoms with Gasteiger partial charge in [0.15, 0.2) is 0 Å². The maximum absolute atomic E-state index is 11.1. The van der Waals surface area contributed by atoms with E-state index < -0.39 is 0 Å². The van der Waals surface area contributed by atoms with Gasteiger partial charge in [0.05, 0.1) is 26.4 Å². The Hall–Kier alpha value is -1.20. The van der Waals surface area contributed by atoms with E-state index in [0.29, 0.717) is 26.4 Å². The minimum absolute atomic E-state index is 0.247. The molecule has 0 spiro atoms. The van der Waals surface area contributed by atoms with E-state index in [1.807, 2.05) is 0 Å². The van der Waals surface area contributed by atoms with Gasteiger partial charge in [0.1, 0.15) is 0 Å². The Labute approximate surface area is 82.3 Å². The number of ether oxygens (including phenoxy) is 2. The van der Waals surface area contributed by atoms with Crippen molar-refractivity contribution in [2.45, 2.75) is 6.54 Å². The molecule has 0 radical (unpaired) electrons. The van der Waals surface area contributed by atoms with Gasteiger partial charge in [0.25, 0.3) is 0 Å². The molecule has 0 aliphatic carbocycles. The van der Waals surface area contributed by atoms with E-state index >= 15 is 0 Å². The van der Waals surface area contributed by atoms with Crippen molar-refractivity contribution in [2.75, 3.05) is 26.9 Å². The standard InChI is InChI=1S/C9H14N2O3/c1-13-7-8-14-6-5-11-4-2-3-10-9(11)12/h2-4H,5-8H2,1H3. The molecule has 0 unspecified atom stereocenters. The van der Waals surface area contributed by atoms with Crippen molar-refractivity contribution in [2.24, 2.45) is 0 Å². The molecule has 0 aliphatic rings. The third-order valence-electron chi connectivity index (χ3n) is 1.69. The summed E-state index contributed by atoms with van der Waals surface area (Å²) < 4.78 is 11.5. The Balaban J connectivity index is 2.25. The fourth-order valence-corrected chi connectivity index (χ4v) is 0.964. The van der Waals surface area contributed by atoms with Crippen LogP contribution in [0.4, 0.5) is 0 Å². The van der Waals surface area contributed by atoms with E-state index in [9.17, 15) is 4.79 Å². The van der Waals surface area contributed by atoms with Gasteiger partial charge in [0.2, 0.25) is 0 Å². The van der Waals surface area contributed by atoms with Gasteiger partial charge in [-0.25, -0.2) is 9.78 Å². The smallest absolute Gasteiger partial charge is 0.347 e. The second-order valence-corrected chi connectivity index (χ2v) is 2.70. The molecule has 0 saturated heterocycles. The predicted molar refractivity (Wildman–Crippen MR) is 51.2 cm³/mol. The SMILES string of the molecule is COCCOCCn1cccnc1=O. The zero-order valence-electron chi connectivity index (χ0n) is 8.18. The van der Waals surface area contributed by atoms with E-state index in [1.165, 1.54) is 10.8 Å². The molecule has 5 nitrogen and oxygen atoms in total. The first-order valence-corrected chi connectivity index (χ1v) is 4.42. The molecule has 0 aromatic carbocycles. The van der Waals surface area contributed by atoms with E-state index in [1.54, 1.807) is 19.4 Å². The van der Waals surface area contributed by atoms with Crippen molar-refractivity contribution >= 4 is 0 Å². The third-order valence-corrected chi connectivity index (χ3v) is 1.69. The maximum Gasteiger partial charge on any atom is 0.347 e. The maximum atomic E-state index is 11.1. The minimum atomic E-state index is -0.247. The first-order chi connectivity index (χ1) is 6.84. The van der Waals surface area contributed by atoms with Crippen LogP contribution in [-0.2, 0) is 16.0 Å². The van der Waals surface area contributed by atoms with Crippen LogP contribution < -0.4 is 5.69 Å². The van der Waals surface area contributed by atoms with Gasteiger partial charge in [-0.1, -0.05) is 0 Å². The molecule has 1 aromatic rings.